The van der Waals surface area contributed by atoms with Crippen LogP contribution in [0.3, 0.4) is 0 Å². The summed E-state index contributed by atoms with van der Waals surface area (Å²) in [4.78, 5) is 7.84. The lowest BCUT2D eigenvalue weighted by Gasteiger charge is -2.00. The third-order valence-electron chi connectivity index (χ3n) is 1.28. The number of thioether (sulfide) groups is 1. The zero-order valence-electron chi connectivity index (χ0n) is 7.47. The van der Waals surface area contributed by atoms with E-state index in [-0.39, 0.29) is 5.84 Å². The lowest BCUT2D eigenvalue weighted by atomic mass is 10.4. The van der Waals surface area contributed by atoms with E-state index in [1.165, 1.54) is 18.0 Å². The van der Waals surface area contributed by atoms with Crippen molar-refractivity contribution in [3.63, 3.8) is 0 Å². The first-order valence-electron chi connectivity index (χ1n) is 3.67. The van der Waals surface area contributed by atoms with Crippen molar-refractivity contribution < 1.29 is 0 Å². The Morgan fingerprint density at radius 3 is 3.00 bits per heavy atom. The second kappa shape index (κ2) is 5.51. The van der Waals surface area contributed by atoms with Crippen LogP contribution in [0.1, 0.15) is 5.69 Å². The standard InChI is InChI=1S/C7H9N5S2/c1-14-7(13)12-11-6(8)5-4-9-2-3-10-5/h2-4H,1H3,(H2,8,11)(H,12,13). The Hall–Kier alpha value is -1.21. The van der Waals surface area contributed by atoms with Crippen molar-refractivity contribution in [2.75, 3.05) is 6.26 Å². The Morgan fingerprint density at radius 2 is 2.43 bits per heavy atom. The molecule has 0 atom stereocenters. The maximum absolute atomic E-state index is 5.61. The van der Waals surface area contributed by atoms with Gasteiger partial charge in [0.05, 0.1) is 6.20 Å². The van der Waals surface area contributed by atoms with Crippen molar-refractivity contribution in [1.82, 2.24) is 15.4 Å². The molecule has 14 heavy (non-hydrogen) atoms. The van der Waals surface area contributed by atoms with E-state index in [0.29, 0.717) is 10.0 Å². The molecule has 1 rings (SSSR count). The molecule has 3 N–H and O–H groups in total. The molecule has 0 aliphatic heterocycles. The van der Waals surface area contributed by atoms with Gasteiger partial charge in [0.2, 0.25) is 0 Å². The molecule has 0 amide bonds. The van der Waals surface area contributed by atoms with Gasteiger partial charge < -0.3 is 5.73 Å². The average Bonchev–Trinajstić information content (AvgIpc) is 2.26. The molecule has 1 aromatic rings. The normalized spacial score (nSPS) is 11.1. The summed E-state index contributed by atoms with van der Waals surface area (Å²) in [7, 11) is 0. The van der Waals surface area contributed by atoms with E-state index in [9.17, 15) is 0 Å². The van der Waals surface area contributed by atoms with Gasteiger partial charge in [0, 0.05) is 12.4 Å². The van der Waals surface area contributed by atoms with Gasteiger partial charge in [-0.2, -0.15) is 5.10 Å². The summed E-state index contributed by atoms with van der Waals surface area (Å²) in [5.41, 5.74) is 8.75. The van der Waals surface area contributed by atoms with E-state index < -0.39 is 0 Å². The van der Waals surface area contributed by atoms with Crippen LogP contribution in [0.25, 0.3) is 0 Å². The summed E-state index contributed by atoms with van der Waals surface area (Å²) in [5, 5.41) is 3.85. The predicted octanol–water partition coefficient (Wildman–Crippen LogP) is 0.334. The van der Waals surface area contributed by atoms with Gasteiger partial charge in [0.1, 0.15) is 5.69 Å². The number of hydrazone groups is 1. The molecule has 0 saturated heterocycles. The maximum atomic E-state index is 5.61. The highest BCUT2D eigenvalue weighted by Crippen LogP contribution is 1.94. The molecule has 0 aromatic carbocycles. The molecule has 74 valence electrons. The van der Waals surface area contributed by atoms with Crippen LogP contribution in [-0.4, -0.2) is 26.4 Å². The lowest BCUT2D eigenvalue weighted by molar-refractivity contribution is 1.04. The number of hydrogen-bond acceptors (Lipinski definition) is 5. The summed E-state index contributed by atoms with van der Waals surface area (Å²) < 4.78 is 0.553. The Morgan fingerprint density at radius 1 is 1.64 bits per heavy atom. The molecule has 0 saturated carbocycles. The first-order chi connectivity index (χ1) is 6.74. The molecule has 0 fully saturated rings. The van der Waals surface area contributed by atoms with E-state index in [4.69, 9.17) is 18.0 Å². The topological polar surface area (TPSA) is 76.2 Å². The number of aromatic nitrogens is 2. The molecular formula is C7H9N5S2. The number of hydrogen-bond donors (Lipinski definition) is 2. The van der Waals surface area contributed by atoms with Crippen molar-refractivity contribution in [2.24, 2.45) is 10.8 Å². The fourth-order valence-corrected chi connectivity index (χ4v) is 0.823. The highest BCUT2D eigenvalue weighted by Gasteiger charge is 1.98. The minimum absolute atomic E-state index is 0.259. The number of nitrogens with zero attached hydrogens (tertiary/aromatic N) is 3. The van der Waals surface area contributed by atoms with Gasteiger partial charge >= 0.3 is 0 Å². The summed E-state index contributed by atoms with van der Waals surface area (Å²) in [5.74, 6) is 0.259. The molecule has 1 aromatic heterocycles. The van der Waals surface area contributed by atoms with Gasteiger partial charge in [-0.15, -0.1) is 0 Å². The summed E-state index contributed by atoms with van der Waals surface area (Å²) >= 11 is 6.26. The van der Waals surface area contributed by atoms with E-state index in [2.05, 4.69) is 20.5 Å². The van der Waals surface area contributed by atoms with Gasteiger partial charge in [-0.05, 0) is 6.26 Å². The SMILES string of the molecule is CSC(=S)NN=C(N)c1cnccn1. The van der Waals surface area contributed by atoms with Crippen LogP contribution < -0.4 is 11.2 Å². The number of amidine groups is 1. The largest absolute Gasteiger partial charge is 0.380 e. The summed E-state index contributed by atoms with van der Waals surface area (Å²) in [6.45, 7) is 0. The Balaban J connectivity index is 2.66. The van der Waals surface area contributed by atoms with Crippen LogP contribution in [0, 0.1) is 0 Å². The smallest absolute Gasteiger partial charge is 0.171 e. The van der Waals surface area contributed by atoms with Crippen LogP contribution in [0.2, 0.25) is 0 Å². The summed E-state index contributed by atoms with van der Waals surface area (Å²) in [6, 6.07) is 0. The zero-order valence-corrected chi connectivity index (χ0v) is 9.10. The number of rotatable bonds is 2. The van der Waals surface area contributed by atoms with E-state index in [1.807, 2.05) is 6.26 Å². The fraction of sp³-hybridized carbons (Fsp3) is 0.143. The molecule has 0 spiro atoms. The second-order valence-electron chi connectivity index (χ2n) is 2.19. The van der Waals surface area contributed by atoms with Crippen molar-refractivity contribution in [2.45, 2.75) is 0 Å². The first kappa shape index (κ1) is 10.9. The molecule has 0 bridgehead atoms. The Labute approximate surface area is 91.2 Å². The molecule has 0 radical (unpaired) electrons. The van der Waals surface area contributed by atoms with E-state index in [0.717, 1.165) is 0 Å². The summed E-state index contributed by atoms with van der Waals surface area (Å²) in [6.07, 6.45) is 6.49. The predicted molar refractivity (Wildman–Crippen MR) is 62.0 cm³/mol. The van der Waals surface area contributed by atoms with Crippen molar-refractivity contribution >= 4 is 34.1 Å². The van der Waals surface area contributed by atoms with Crippen molar-refractivity contribution in [3.8, 4) is 0 Å². The second-order valence-corrected chi connectivity index (χ2v) is 3.67. The average molecular weight is 227 g/mol. The fourth-order valence-electron chi connectivity index (χ4n) is 0.640. The third kappa shape index (κ3) is 3.27. The molecule has 1 heterocycles. The molecule has 0 aliphatic carbocycles. The van der Waals surface area contributed by atoms with Gasteiger partial charge in [-0.3, -0.25) is 10.4 Å². The van der Waals surface area contributed by atoms with Gasteiger partial charge in [0.15, 0.2) is 10.2 Å². The first-order valence-corrected chi connectivity index (χ1v) is 5.31. The van der Waals surface area contributed by atoms with Crippen LogP contribution >= 0.6 is 24.0 Å². The molecular weight excluding hydrogens is 218 g/mol. The Kier molecular flexibility index (Phi) is 4.27. The van der Waals surface area contributed by atoms with Gasteiger partial charge in [-0.1, -0.05) is 24.0 Å². The minimum atomic E-state index is 0.259. The van der Waals surface area contributed by atoms with Crippen molar-refractivity contribution in [3.05, 3.63) is 24.3 Å². The molecule has 0 aliphatic rings. The van der Waals surface area contributed by atoms with Crippen LogP contribution in [-0.2, 0) is 0 Å². The Bertz CT molecular complexity index is 337. The number of thiocarbonyl (C=S) groups is 1. The minimum Gasteiger partial charge on any atom is -0.380 e. The quantitative estimate of drug-likeness (QED) is 0.328. The van der Waals surface area contributed by atoms with Gasteiger partial charge in [0.25, 0.3) is 0 Å². The van der Waals surface area contributed by atoms with Crippen molar-refractivity contribution in [1.29, 1.82) is 0 Å². The van der Waals surface area contributed by atoms with E-state index >= 15 is 0 Å². The third-order valence-corrected chi connectivity index (χ3v) is 2.33. The van der Waals surface area contributed by atoms with Crippen LogP contribution in [0.15, 0.2) is 23.7 Å². The van der Waals surface area contributed by atoms with Crippen LogP contribution in [0.4, 0.5) is 0 Å². The highest BCUT2D eigenvalue weighted by molar-refractivity contribution is 8.22. The monoisotopic (exact) mass is 227 g/mol. The number of nitrogens with one attached hydrogen (secondary N) is 1. The zero-order chi connectivity index (χ0) is 10.4. The highest BCUT2D eigenvalue weighted by atomic mass is 32.2. The molecule has 7 heteroatoms. The maximum Gasteiger partial charge on any atom is 0.171 e. The molecule has 0 unspecified atom stereocenters. The van der Waals surface area contributed by atoms with E-state index in [1.54, 1.807) is 12.4 Å². The van der Waals surface area contributed by atoms with Crippen LogP contribution in [0.5, 0.6) is 0 Å². The number of nitrogens with two attached hydrogens (primary N) is 1. The molecule has 5 nitrogen and oxygen atoms in total. The van der Waals surface area contributed by atoms with Gasteiger partial charge in [-0.25, -0.2) is 4.98 Å². The lowest BCUT2D eigenvalue weighted by Crippen LogP contribution is -2.22.